The molecule has 3 rings (SSSR count). The number of hydrogen-bond acceptors (Lipinski definition) is 4. The summed E-state index contributed by atoms with van der Waals surface area (Å²) >= 11 is 0. The molecule has 0 bridgehead atoms. The van der Waals surface area contributed by atoms with Crippen molar-refractivity contribution >= 4 is 5.91 Å². The molecule has 1 heterocycles. The van der Waals surface area contributed by atoms with E-state index in [9.17, 15) is 4.79 Å². The van der Waals surface area contributed by atoms with E-state index in [1.54, 1.807) is 31.1 Å². The van der Waals surface area contributed by atoms with Crippen LogP contribution in [-0.2, 0) is 17.9 Å². The number of benzene rings is 2. The summed E-state index contributed by atoms with van der Waals surface area (Å²) in [6.07, 6.45) is 0. The molecule has 1 amide bonds. The molecule has 0 aliphatic carbocycles. The smallest absolute Gasteiger partial charge is 0.277 e. The SMILES string of the molecule is COc1ccc(C[NH+]2CC[NH+](CC(=O)N(C)Cc3ccc(OC)c(OC)c3)CC2)cc1. The minimum atomic E-state index is 0.170. The number of hydrogen-bond donors (Lipinski definition) is 2. The number of ether oxygens (including phenoxy) is 3. The highest BCUT2D eigenvalue weighted by Crippen LogP contribution is 2.27. The van der Waals surface area contributed by atoms with Gasteiger partial charge in [0.05, 0.1) is 21.3 Å². The Morgan fingerprint density at radius 3 is 2.06 bits per heavy atom. The first-order valence-corrected chi connectivity index (χ1v) is 10.8. The number of amides is 1. The van der Waals surface area contributed by atoms with Gasteiger partial charge in [-0.2, -0.15) is 0 Å². The summed E-state index contributed by atoms with van der Waals surface area (Å²) in [6, 6.07) is 14.1. The van der Waals surface area contributed by atoms with Crippen molar-refractivity contribution in [2.24, 2.45) is 0 Å². The number of carbonyl (C=O) groups is 1. The number of likely N-dealkylation sites (N-methyl/N-ethyl adjacent to an activating group) is 1. The number of carbonyl (C=O) groups excluding carboxylic acids is 1. The largest absolute Gasteiger partial charge is 0.497 e. The van der Waals surface area contributed by atoms with Gasteiger partial charge in [-0.1, -0.05) is 6.07 Å². The molecule has 1 fully saturated rings. The van der Waals surface area contributed by atoms with Gasteiger partial charge in [-0.25, -0.2) is 0 Å². The maximum absolute atomic E-state index is 12.8. The van der Waals surface area contributed by atoms with Crippen LogP contribution in [0.5, 0.6) is 17.2 Å². The number of methoxy groups -OCH3 is 3. The minimum Gasteiger partial charge on any atom is -0.497 e. The number of quaternary nitrogens is 2. The zero-order valence-corrected chi connectivity index (χ0v) is 19.1. The molecule has 0 unspecified atom stereocenters. The van der Waals surface area contributed by atoms with Crippen molar-refractivity contribution in [1.29, 1.82) is 0 Å². The molecule has 2 aromatic carbocycles. The Kier molecular flexibility index (Phi) is 8.14. The van der Waals surface area contributed by atoms with E-state index in [2.05, 4.69) is 12.1 Å². The predicted molar refractivity (Wildman–Crippen MR) is 119 cm³/mol. The summed E-state index contributed by atoms with van der Waals surface area (Å²) < 4.78 is 15.9. The lowest BCUT2D eigenvalue weighted by Crippen LogP contribution is -3.28. The third kappa shape index (κ3) is 6.35. The highest BCUT2D eigenvalue weighted by atomic mass is 16.5. The number of piperazine rings is 1. The first-order valence-electron chi connectivity index (χ1n) is 10.8. The molecule has 7 heteroatoms. The van der Waals surface area contributed by atoms with Gasteiger partial charge in [0, 0.05) is 19.2 Å². The van der Waals surface area contributed by atoms with Gasteiger partial charge in [-0.3, -0.25) is 4.79 Å². The molecule has 0 aromatic heterocycles. The normalized spacial score (nSPS) is 18.3. The lowest BCUT2D eigenvalue weighted by atomic mass is 10.2. The Labute approximate surface area is 185 Å². The van der Waals surface area contributed by atoms with Gasteiger partial charge in [0.2, 0.25) is 0 Å². The second-order valence-corrected chi connectivity index (χ2v) is 8.14. The Bertz CT molecular complexity index is 848. The summed E-state index contributed by atoms with van der Waals surface area (Å²) in [6.45, 7) is 6.30. The van der Waals surface area contributed by atoms with E-state index in [1.807, 2.05) is 37.4 Å². The van der Waals surface area contributed by atoms with Gasteiger partial charge in [-0.05, 0) is 42.0 Å². The van der Waals surface area contributed by atoms with E-state index in [1.165, 1.54) is 10.5 Å². The van der Waals surface area contributed by atoms with Crippen LogP contribution in [0.4, 0.5) is 0 Å². The second kappa shape index (κ2) is 11.0. The van der Waals surface area contributed by atoms with Crippen LogP contribution in [0.15, 0.2) is 42.5 Å². The van der Waals surface area contributed by atoms with Crippen LogP contribution in [0.25, 0.3) is 0 Å². The first-order chi connectivity index (χ1) is 15.0. The molecular formula is C24H35N3O4+2. The lowest BCUT2D eigenvalue weighted by Gasteiger charge is -2.30. The van der Waals surface area contributed by atoms with Gasteiger partial charge in [0.25, 0.3) is 5.91 Å². The third-order valence-electron chi connectivity index (χ3n) is 5.97. The van der Waals surface area contributed by atoms with Crippen LogP contribution in [0, 0.1) is 0 Å². The maximum atomic E-state index is 12.8. The van der Waals surface area contributed by atoms with Crippen LogP contribution in [0.1, 0.15) is 11.1 Å². The first kappa shape index (κ1) is 22.9. The molecule has 0 radical (unpaired) electrons. The summed E-state index contributed by atoms with van der Waals surface area (Å²) in [5.41, 5.74) is 2.35. The topological polar surface area (TPSA) is 56.9 Å². The number of nitrogens with one attached hydrogen (secondary N) is 2. The van der Waals surface area contributed by atoms with Crippen molar-refractivity contribution in [2.45, 2.75) is 13.1 Å². The summed E-state index contributed by atoms with van der Waals surface area (Å²) in [5, 5.41) is 0. The highest BCUT2D eigenvalue weighted by molar-refractivity contribution is 5.76. The molecular weight excluding hydrogens is 394 g/mol. The van der Waals surface area contributed by atoms with Crippen molar-refractivity contribution in [3.05, 3.63) is 53.6 Å². The standard InChI is InChI=1S/C24H33N3O4/c1-25(16-20-7-10-22(30-3)23(15-20)31-4)24(28)18-27-13-11-26(12-14-27)17-19-5-8-21(29-2)9-6-19/h5-10,15H,11-14,16-18H2,1-4H3/p+2. The molecule has 1 aliphatic rings. The summed E-state index contributed by atoms with van der Waals surface area (Å²) in [4.78, 5) is 17.5. The zero-order valence-electron chi connectivity index (χ0n) is 19.1. The lowest BCUT2D eigenvalue weighted by molar-refractivity contribution is -1.02. The van der Waals surface area contributed by atoms with Crippen molar-refractivity contribution in [2.75, 3.05) is 61.1 Å². The fourth-order valence-corrected chi connectivity index (χ4v) is 4.03. The van der Waals surface area contributed by atoms with Gasteiger partial charge in [-0.15, -0.1) is 0 Å². The predicted octanol–water partition coefficient (Wildman–Crippen LogP) is -0.346. The van der Waals surface area contributed by atoms with Crippen molar-refractivity contribution in [3.8, 4) is 17.2 Å². The van der Waals surface area contributed by atoms with E-state index in [-0.39, 0.29) is 5.91 Å². The quantitative estimate of drug-likeness (QED) is 0.573. The van der Waals surface area contributed by atoms with E-state index < -0.39 is 0 Å². The van der Waals surface area contributed by atoms with E-state index in [0.29, 0.717) is 24.6 Å². The second-order valence-electron chi connectivity index (χ2n) is 8.14. The summed E-state index contributed by atoms with van der Waals surface area (Å²) in [5.74, 6) is 2.44. The zero-order chi connectivity index (χ0) is 22.2. The van der Waals surface area contributed by atoms with Crippen LogP contribution in [0.2, 0.25) is 0 Å². The van der Waals surface area contributed by atoms with Gasteiger partial charge in [0.1, 0.15) is 38.5 Å². The average Bonchev–Trinajstić information content (AvgIpc) is 2.80. The fraction of sp³-hybridized carbons (Fsp3) is 0.458. The van der Waals surface area contributed by atoms with Crippen molar-refractivity contribution < 1.29 is 28.8 Å². The highest BCUT2D eigenvalue weighted by Gasteiger charge is 2.26. The average molecular weight is 430 g/mol. The van der Waals surface area contributed by atoms with E-state index in [4.69, 9.17) is 14.2 Å². The molecule has 2 aromatic rings. The minimum absolute atomic E-state index is 0.170. The van der Waals surface area contributed by atoms with Crippen molar-refractivity contribution in [3.63, 3.8) is 0 Å². The molecule has 2 N–H and O–H groups in total. The molecule has 0 saturated carbocycles. The molecule has 0 atom stereocenters. The van der Waals surface area contributed by atoms with E-state index >= 15 is 0 Å². The van der Waals surface area contributed by atoms with E-state index in [0.717, 1.165) is 44.0 Å². The Morgan fingerprint density at radius 2 is 1.45 bits per heavy atom. The van der Waals surface area contributed by atoms with Gasteiger partial charge < -0.3 is 28.9 Å². The Balaban J connectivity index is 1.44. The Morgan fingerprint density at radius 1 is 0.839 bits per heavy atom. The molecule has 7 nitrogen and oxygen atoms in total. The summed E-state index contributed by atoms with van der Waals surface area (Å²) in [7, 11) is 6.79. The van der Waals surface area contributed by atoms with Crippen LogP contribution < -0.4 is 24.0 Å². The molecule has 31 heavy (non-hydrogen) atoms. The monoisotopic (exact) mass is 429 g/mol. The number of rotatable bonds is 9. The maximum Gasteiger partial charge on any atom is 0.277 e. The fourth-order valence-electron chi connectivity index (χ4n) is 4.03. The molecule has 0 spiro atoms. The Hall–Kier alpha value is -2.77. The van der Waals surface area contributed by atoms with Gasteiger partial charge >= 0.3 is 0 Å². The van der Waals surface area contributed by atoms with Crippen LogP contribution in [-0.4, -0.2) is 71.9 Å². The van der Waals surface area contributed by atoms with Gasteiger partial charge in [0.15, 0.2) is 18.0 Å². The van der Waals surface area contributed by atoms with Crippen LogP contribution in [0.3, 0.4) is 0 Å². The van der Waals surface area contributed by atoms with Crippen LogP contribution >= 0.6 is 0 Å². The third-order valence-corrected chi connectivity index (χ3v) is 5.97. The number of nitrogens with zero attached hydrogens (tertiary/aromatic N) is 1. The molecule has 168 valence electrons. The molecule has 1 aliphatic heterocycles. The molecule has 1 saturated heterocycles. The van der Waals surface area contributed by atoms with Crippen molar-refractivity contribution in [1.82, 2.24) is 4.90 Å².